The number of aromatic nitrogens is 1. The smallest absolute Gasteiger partial charge is 0.185 e. The highest BCUT2D eigenvalue weighted by Gasteiger charge is 2.17. The van der Waals surface area contributed by atoms with E-state index in [0.29, 0.717) is 12.1 Å². The van der Waals surface area contributed by atoms with Crippen molar-refractivity contribution in [1.82, 2.24) is 10.3 Å². The van der Waals surface area contributed by atoms with Crippen molar-refractivity contribution in [3.63, 3.8) is 0 Å². The van der Waals surface area contributed by atoms with Crippen molar-refractivity contribution < 1.29 is 0 Å². The highest BCUT2D eigenvalue weighted by molar-refractivity contribution is 7.15. The molecule has 1 aromatic rings. The minimum Gasteiger partial charge on any atom is -0.345 e. The van der Waals surface area contributed by atoms with Gasteiger partial charge in [-0.3, -0.25) is 0 Å². The molecule has 4 heteroatoms. The van der Waals surface area contributed by atoms with E-state index in [1.807, 2.05) is 24.6 Å². The Morgan fingerprint density at radius 1 is 1.39 bits per heavy atom. The van der Waals surface area contributed by atoms with Gasteiger partial charge in [0.1, 0.15) is 0 Å². The van der Waals surface area contributed by atoms with Gasteiger partial charge >= 0.3 is 0 Å². The molecule has 0 aromatic carbocycles. The van der Waals surface area contributed by atoms with Crippen molar-refractivity contribution in [2.24, 2.45) is 0 Å². The Morgan fingerprint density at radius 2 is 2.11 bits per heavy atom. The largest absolute Gasteiger partial charge is 0.345 e. The molecule has 0 saturated heterocycles. The summed E-state index contributed by atoms with van der Waals surface area (Å²) in [4.78, 5) is 8.39. The van der Waals surface area contributed by atoms with E-state index in [1.54, 1.807) is 0 Å². The molecule has 1 aromatic heterocycles. The quantitative estimate of drug-likeness (QED) is 0.777. The lowest BCUT2D eigenvalue weighted by Crippen LogP contribution is -2.33. The Labute approximate surface area is 116 Å². The van der Waals surface area contributed by atoms with Crippen LogP contribution in [0.25, 0.3) is 0 Å². The third-order valence-corrected chi connectivity index (χ3v) is 4.71. The number of hydrogen-bond donors (Lipinski definition) is 1. The summed E-state index contributed by atoms with van der Waals surface area (Å²) < 4.78 is 0. The molecule has 1 N–H and O–H groups in total. The van der Waals surface area contributed by atoms with E-state index < -0.39 is 0 Å². The molecular weight excluding hydrogens is 242 g/mol. The molecule has 0 aliphatic rings. The summed E-state index contributed by atoms with van der Waals surface area (Å²) in [5, 5.41) is 4.45. The van der Waals surface area contributed by atoms with Gasteiger partial charge in [-0.05, 0) is 33.7 Å². The molecule has 2 unspecified atom stereocenters. The fraction of sp³-hybridized carbons (Fsp3) is 0.786. The summed E-state index contributed by atoms with van der Waals surface area (Å²) in [7, 11) is 1.99. The van der Waals surface area contributed by atoms with Gasteiger partial charge in [-0.2, -0.15) is 0 Å². The van der Waals surface area contributed by atoms with Crippen molar-refractivity contribution in [2.75, 3.05) is 18.5 Å². The number of unbranched alkanes of at least 4 members (excludes halogenated alkanes) is 1. The standard InChI is InChI=1S/C14H27N3S/c1-6-8-9-17(11(3)7-2)14-16-10-13(18-14)12(4)15-5/h10-12,15H,6-9H2,1-5H3. The molecule has 0 amide bonds. The van der Waals surface area contributed by atoms with Crippen molar-refractivity contribution in [1.29, 1.82) is 0 Å². The van der Waals surface area contributed by atoms with E-state index >= 15 is 0 Å². The van der Waals surface area contributed by atoms with E-state index in [2.05, 4.69) is 42.9 Å². The van der Waals surface area contributed by atoms with E-state index in [9.17, 15) is 0 Å². The van der Waals surface area contributed by atoms with Gasteiger partial charge in [0.2, 0.25) is 0 Å². The predicted octanol–water partition coefficient (Wildman–Crippen LogP) is 3.83. The first kappa shape index (κ1) is 15.4. The van der Waals surface area contributed by atoms with Crippen molar-refractivity contribution in [3.8, 4) is 0 Å². The monoisotopic (exact) mass is 269 g/mol. The Bertz CT molecular complexity index is 338. The third kappa shape index (κ3) is 3.95. The first-order valence-electron chi connectivity index (χ1n) is 7.03. The van der Waals surface area contributed by atoms with Crippen molar-refractivity contribution >= 4 is 16.5 Å². The molecule has 18 heavy (non-hydrogen) atoms. The van der Waals surface area contributed by atoms with Crippen LogP contribution in [0, 0.1) is 0 Å². The van der Waals surface area contributed by atoms with Crippen molar-refractivity contribution in [3.05, 3.63) is 11.1 Å². The molecule has 0 spiro atoms. The highest BCUT2D eigenvalue weighted by atomic mass is 32.1. The third-order valence-electron chi connectivity index (χ3n) is 3.49. The lowest BCUT2D eigenvalue weighted by Gasteiger charge is -2.28. The van der Waals surface area contributed by atoms with Crippen LogP contribution < -0.4 is 10.2 Å². The minimum absolute atomic E-state index is 0.390. The SMILES string of the molecule is CCCCN(c1ncc(C(C)NC)s1)C(C)CC. The first-order valence-corrected chi connectivity index (χ1v) is 7.85. The first-order chi connectivity index (χ1) is 8.63. The number of nitrogens with zero attached hydrogens (tertiary/aromatic N) is 2. The van der Waals surface area contributed by atoms with E-state index in [-0.39, 0.29) is 0 Å². The Kier molecular flexibility index (Phi) is 6.65. The maximum Gasteiger partial charge on any atom is 0.185 e. The predicted molar refractivity (Wildman–Crippen MR) is 81.6 cm³/mol. The van der Waals surface area contributed by atoms with E-state index in [0.717, 1.165) is 6.54 Å². The van der Waals surface area contributed by atoms with Gasteiger partial charge in [0.05, 0.1) is 0 Å². The van der Waals surface area contributed by atoms with Crippen LogP contribution in [0.3, 0.4) is 0 Å². The molecule has 104 valence electrons. The lowest BCUT2D eigenvalue weighted by atomic mass is 10.2. The summed E-state index contributed by atoms with van der Waals surface area (Å²) in [5.74, 6) is 0. The second kappa shape index (κ2) is 7.74. The van der Waals surface area contributed by atoms with Gasteiger partial charge in [0.25, 0.3) is 0 Å². The fourth-order valence-corrected chi connectivity index (χ4v) is 2.91. The van der Waals surface area contributed by atoms with Crippen LogP contribution in [-0.2, 0) is 0 Å². The average molecular weight is 269 g/mol. The topological polar surface area (TPSA) is 28.2 Å². The number of nitrogens with one attached hydrogen (secondary N) is 1. The molecule has 0 fully saturated rings. The second-order valence-corrected chi connectivity index (χ2v) is 5.90. The van der Waals surface area contributed by atoms with Gasteiger partial charge in [-0.25, -0.2) is 4.98 Å². The molecule has 0 bridgehead atoms. The molecule has 0 aliphatic carbocycles. The van der Waals surface area contributed by atoms with E-state index in [4.69, 9.17) is 0 Å². The molecule has 0 radical (unpaired) electrons. The van der Waals surface area contributed by atoms with Crippen LogP contribution in [0.5, 0.6) is 0 Å². The minimum atomic E-state index is 0.390. The van der Waals surface area contributed by atoms with Crippen LogP contribution in [0.15, 0.2) is 6.20 Å². The number of anilines is 1. The summed E-state index contributed by atoms with van der Waals surface area (Å²) in [6.45, 7) is 10.1. The van der Waals surface area contributed by atoms with E-state index in [1.165, 1.54) is 29.3 Å². The number of hydrogen-bond acceptors (Lipinski definition) is 4. The molecule has 1 heterocycles. The lowest BCUT2D eigenvalue weighted by molar-refractivity contribution is 0.594. The average Bonchev–Trinajstić information content (AvgIpc) is 2.87. The Morgan fingerprint density at radius 3 is 2.67 bits per heavy atom. The van der Waals surface area contributed by atoms with Crippen LogP contribution in [0.1, 0.15) is 57.9 Å². The van der Waals surface area contributed by atoms with Gasteiger partial charge in [-0.1, -0.05) is 20.3 Å². The summed E-state index contributed by atoms with van der Waals surface area (Å²) >= 11 is 1.82. The molecule has 0 aliphatic heterocycles. The zero-order valence-electron chi connectivity index (χ0n) is 12.4. The Balaban J connectivity index is 2.81. The van der Waals surface area contributed by atoms with Crippen LogP contribution in [-0.4, -0.2) is 24.6 Å². The van der Waals surface area contributed by atoms with Gasteiger partial charge < -0.3 is 10.2 Å². The normalized spacial score (nSPS) is 14.5. The maximum absolute atomic E-state index is 4.61. The number of thiazole rings is 1. The molecule has 2 atom stereocenters. The van der Waals surface area contributed by atoms with Crippen LogP contribution >= 0.6 is 11.3 Å². The van der Waals surface area contributed by atoms with Crippen molar-refractivity contribution in [2.45, 2.75) is 59.0 Å². The highest BCUT2D eigenvalue weighted by Crippen LogP contribution is 2.29. The zero-order valence-corrected chi connectivity index (χ0v) is 13.2. The zero-order chi connectivity index (χ0) is 13.5. The molecular formula is C14H27N3S. The van der Waals surface area contributed by atoms with Crippen LogP contribution in [0.4, 0.5) is 5.13 Å². The Hall–Kier alpha value is -0.610. The fourth-order valence-electron chi connectivity index (χ4n) is 1.81. The van der Waals surface area contributed by atoms with Gasteiger partial charge in [-0.15, -0.1) is 11.3 Å². The maximum atomic E-state index is 4.61. The molecule has 1 rings (SSSR count). The second-order valence-electron chi connectivity index (χ2n) is 4.86. The number of rotatable bonds is 8. The van der Waals surface area contributed by atoms with Gasteiger partial charge in [0.15, 0.2) is 5.13 Å². The molecule has 0 saturated carbocycles. The summed E-state index contributed by atoms with van der Waals surface area (Å²) in [6, 6.07) is 0.960. The van der Waals surface area contributed by atoms with Crippen LogP contribution in [0.2, 0.25) is 0 Å². The summed E-state index contributed by atoms with van der Waals surface area (Å²) in [5.41, 5.74) is 0. The van der Waals surface area contributed by atoms with Gasteiger partial charge in [0, 0.05) is 29.7 Å². The summed E-state index contributed by atoms with van der Waals surface area (Å²) in [6.07, 6.45) is 5.65. The molecule has 3 nitrogen and oxygen atoms in total.